The third-order valence-electron chi connectivity index (χ3n) is 5.10. The van der Waals surface area contributed by atoms with E-state index in [-0.39, 0.29) is 35.4 Å². The number of ether oxygens (including phenoxy) is 1. The average Bonchev–Trinajstić information content (AvgIpc) is 3.02. The van der Waals surface area contributed by atoms with E-state index in [9.17, 15) is 24.8 Å². The SMILES string of the molecule is CC(=O)OCCn1c(O)c(/C=C2\C(=O)N(c3ccc(C)cc3)N=C2C)c(C)c(C#N)c1=O. The van der Waals surface area contributed by atoms with Gasteiger partial charge in [-0.1, -0.05) is 17.7 Å². The lowest BCUT2D eigenvalue weighted by Gasteiger charge is -2.15. The summed E-state index contributed by atoms with van der Waals surface area (Å²) in [6.07, 6.45) is 1.42. The molecule has 3 rings (SSSR count). The third-order valence-corrected chi connectivity index (χ3v) is 5.10. The highest BCUT2D eigenvalue weighted by atomic mass is 16.5. The molecule has 1 aromatic carbocycles. The number of benzene rings is 1. The molecule has 1 aliphatic rings. The van der Waals surface area contributed by atoms with Gasteiger partial charge in [-0.2, -0.15) is 15.4 Å². The largest absolute Gasteiger partial charge is 0.494 e. The summed E-state index contributed by atoms with van der Waals surface area (Å²) in [5, 5.41) is 25.8. The molecule has 0 radical (unpaired) electrons. The van der Waals surface area contributed by atoms with Crippen LogP contribution in [0.1, 0.15) is 36.1 Å². The van der Waals surface area contributed by atoms with Gasteiger partial charge >= 0.3 is 5.97 Å². The topological polar surface area (TPSA) is 125 Å². The zero-order valence-corrected chi connectivity index (χ0v) is 18.2. The molecule has 0 spiro atoms. The van der Waals surface area contributed by atoms with E-state index >= 15 is 0 Å². The summed E-state index contributed by atoms with van der Waals surface area (Å²) in [5.74, 6) is -1.37. The molecule has 0 saturated carbocycles. The lowest BCUT2D eigenvalue weighted by Crippen LogP contribution is -2.27. The third kappa shape index (κ3) is 4.16. The number of pyridine rings is 1. The van der Waals surface area contributed by atoms with Crippen molar-refractivity contribution in [2.24, 2.45) is 5.10 Å². The first-order chi connectivity index (χ1) is 15.1. The van der Waals surface area contributed by atoms with Crippen LogP contribution in [0.25, 0.3) is 6.08 Å². The molecule has 1 N–H and O–H groups in total. The second-order valence-corrected chi connectivity index (χ2v) is 7.34. The molecule has 0 saturated heterocycles. The highest BCUT2D eigenvalue weighted by molar-refractivity contribution is 6.32. The van der Waals surface area contributed by atoms with Crippen LogP contribution in [0.15, 0.2) is 39.7 Å². The number of carbonyl (C=O) groups is 2. The van der Waals surface area contributed by atoms with E-state index in [1.807, 2.05) is 25.1 Å². The van der Waals surface area contributed by atoms with Gasteiger partial charge in [0.1, 0.15) is 18.2 Å². The van der Waals surface area contributed by atoms with Crippen LogP contribution in [0, 0.1) is 25.2 Å². The number of hydrogen-bond donors (Lipinski definition) is 1. The minimum Gasteiger partial charge on any atom is -0.494 e. The van der Waals surface area contributed by atoms with Crippen molar-refractivity contribution in [3.63, 3.8) is 0 Å². The first-order valence-corrected chi connectivity index (χ1v) is 9.84. The van der Waals surface area contributed by atoms with Crippen molar-refractivity contribution < 1.29 is 19.4 Å². The van der Waals surface area contributed by atoms with Gasteiger partial charge in [0.15, 0.2) is 0 Å². The molecule has 0 unspecified atom stereocenters. The number of anilines is 1. The number of hydrogen-bond acceptors (Lipinski definition) is 7. The lowest BCUT2D eigenvalue weighted by molar-refractivity contribution is -0.141. The number of hydrazone groups is 1. The van der Waals surface area contributed by atoms with Crippen molar-refractivity contribution in [3.8, 4) is 11.9 Å². The molecule has 1 aromatic heterocycles. The highest BCUT2D eigenvalue weighted by Crippen LogP contribution is 2.29. The predicted octanol–water partition coefficient (Wildman–Crippen LogP) is 2.41. The molecule has 2 heterocycles. The van der Waals surface area contributed by atoms with Gasteiger partial charge in [0.05, 0.1) is 23.5 Å². The first kappa shape index (κ1) is 22.5. The van der Waals surface area contributed by atoms with Crippen molar-refractivity contribution >= 4 is 29.4 Å². The minimum atomic E-state index is -0.707. The molecular formula is C23H22N4O5. The van der Waals surface area contributed by atoms with Crippen molar-refractivity contribution in [1.82, 2.24) is 4.57 Å². The fraction of sp³-hybridized carbons (Fsp3) is 0.261. The van der Waals surface area contributed by atoms with Gasteiger partial charge in [-0.25, -0.2) is 0 Å². The van der Waals surface area contributed by atoms with Crippen molar-refractivity contribution in [3.05, 3.63) is 62.4 Å². The van der Waals surface area contributed by atoms with E-state index in [1.54, 1.807) is 19.1 Å². The summed E-state index contributed by atoms with van der Waals surface area (Å²) in [5.41, 5.74) is 1.77. The number of rotatable bonds is 5. The Labute approximate surface area is 184 Å². The molecule has 9 heteroatoms. The zero-order valence-electron chi connectivity index (χ0n) is 18.2. The fourth-order valence-corrected chi connectivity index (χ4v) is 3.32. The Kier molecular flexibility index (Phi) is 6.25. The smallest absolute Gasteiger partial charge is 0.302 e. The molecule has 164 valence electrons. The molecule has 2 aromatic rings. The van der Waals surface area contributed by atoms with E-state index in [0.29, 0.717) is 11.4 Å². The summed E-state index contributed by atoms with van der Waals surface area (Å²) in [7, 11) is 0. The Balaban J connectivity index is 2.07. The Morgan fingerprint density at radius 1 is 1.22 bits per heavy atom. The summed E-state index contributed by atoms with van der Waals surface area (Å²) < 4.78 is 5.80. The molecule has 0 aliphatic carbocycles. The van der Waals surface area contributed by atoms with E-state index in [0.717, 1.165) is 10.1 Å². The Morgan fingerprint density at radius 3 is 2.47 bits per heavy atom. The van der Waals surface area contributed by atoms with Gasteiger partial charge < -0.3 is 9.84 Å². The van der Waals surface area contributed by atoms with Crippen LogP contribution in [-0.4, -0.2) is 33.9 Å². The van der Waals surface area contributed by atoms with Crippen LogP contribution < -0.4 is 10.6 Å². The summed E-state index contributed by atoms with van der Waals surface area (Å²) in [6.45, 7) is 6.03. The highest BCUT2D eigenvalue weighted by Gasteiger charge is 2.30. The molecular weight excluding hydrogens is 412 g/mol. The quantitative estimate of drug-likeness (QED) is 0.569. The molecule has 9 nitrogen and oxygen atoms in total. The number of carbonyl (C=O) groups excluding carboxylic acids is 2. The molecule has 32 heavy (non-hydrogen) atoms. The van der Waals surface area contributed by atoms with Gasteiger partial charge in [-0.05, 0) is 44.5 Å². The van der Waals surface area contributed by atoms with Gasteiger partial charge in [-0.3, -0.25) is 19.0 Å². The molecule has 1 amide bonds. The summed E-state index contributed by atoms with van der Waals surface area (Å²) in [4.78, 5) is 36.7. The Bertz CT molecular complexity index is 1260. The standard InChI is InChI=1S/C23H22N4O5/c1-13-5-7-17(8-6-13)27-23(31)19(15(3)25-27)11-18-14(2)20(12-24)22(30)26(21(18)29)9-10-32-16(4)28/h5-8,11,29H,9-10H2,1-4H3/b19-11-. The second kappa shape index (κ2) is 8.89. The van der Waals surface area contributed by atoms with E-state index in [1.165, 1.54) is 24.9 Å². The normalized spacial score (nSPS) is 14.5. The summed E-state index contributed by atoms with van der Waals surface area (Å²) >= 11 is 0. The molecule has 0 fully saturated rings. The fourth-order valence-electron chi connectivity index (χ4n) is 3.32. The number of amides is 1. The average molecular weight is 434 g/mol. The van der Waals surface area contributed by atoms with Crippen LogP contribution in [0.4, 0.5) is 5.69 Å². The lowest BCUT2D eigenvalue weighted by atomic mass is 10.0. The maximum Gasteiger partial charge on any atom is 0.302 e. The number of aromatic hydroxyl groups is 1. The molecule has 0 atom stereocenters. The van der Waals surface area contributed by atoms with Crippen molar-refractivity contribution in [2.75, 3.05) is 11.6 Å². The van der Waals surface area contributed by atoms with Crippen molar-refractivity contribution in [1.29, 1.82) is 5.26 Å². The van der Waals surface area contributed by atoms with Gasteiger partial charge in [0, 0.05) is 12.5 Å². The van der Waals surface area contributed by atoms with Crippen LogP contribution in [-0.2, 0) is 20.9 Å². The summed E-state index contributed by atoms with van der Waals surface area (Å²) in [6, 6.07) is 9.13. The predicted molar refractivity (Wildman–Crippen MR) is 118 cm³/mol. The van der Waals surface area contributed by atoms with Gasteiger partial charge in [0.2, 0.25) is 5.88 Å². The number of nitrogens with zero attached hydrogens (tertiary/aromatic N) is 4. The van der Waals surface area contributed by atoms with Crippen LogP contribution in [0.2, 0.25) is 0 Å². The zero-order chi connectivity index (χ0) is 23.6. The van der Waals surface area contributed by atoms with Crippen LogP contribution in [0.3, 0.4) is 0 Å². The number of esters is 1. The maximum atomic E-state index is 13.1. The van der Waals surface area contributed by atoms with Crippen molar-refractivity contribution in [2.45, 2.75) is 34.2 Å². The van der Waals surface area contributed by atoms with E-state index < -0.39 is 23.3 Å². The van der Waals surface area contributed by atoms with E-state index in [2.05, 4.69) is 5.10 Å². The minimum absolute atomic E-state index is 0.146. The van der Waals surface area contributed by atoms with Crippen LogP contribution in [0.5, 0.6) is 5.88 Å². The van der Waals surface area contributed by atoms with Gasteiger partial charge in [0.25, 0.3) is 11.5 Å². The molecule has 0 bridgehead atoms. The maximum absolute atomic E-state index is 13.1. The number of aryl methyl sites for hydroxylation is 1. The second-order valence-electron chi connectivity index (χ2n) is 7.34. The first-order valence-electron chi connectivity index (χ1n) is 9.84. The number of aromatic nitrogens is 1. The Morgan fingerprint density at radius 2 is 1.88 bits per heavy atom. The Hall–Kier alpha value is -4.19. The monoisotopic (exact) mass is 434 g/mol. The van der Waals surface area contributed by atoms with Crippen LogP contribution >= 0.6 is 0 Å². The number of nitriles is 1. The van der Waals surface area contributed by atoms with Gasteiger partial charge in [-0.15, -0.1) is 0 Å². The van der Waals surface area contributed by atoms with E-state index in [4.69, 9.17) is 4.74 Å². The molecule has 1 aliphatic heterocycles.